The zero-order valence-electron chi connectivity index (χ0n) is 10.2. The Morgan fingerprint density at radius 3 is 2.75 bits per heavy atom. The summed E-state index contributed by atoms with van der Waals surface area (Å²) >= 11 is 0.832. The first-order valence-corrected chi connectivity index (χ1v) is 6.42. The largest absolute Gasteiger partial charge is 0.481 e. The molecule has 1 aromatic carbocycles. The van der Waals surface area contributed by atoms with Gasteiger partial charge >= 0.3 is 5.97 Å². The second-order valence-electron chi connectivity index (χ2n) is 3.92. The molecule has 0 amide bonds. The second-order valence-corrected chi connectivity index (χ2v) is 4.86. The lowest BCUT2D eigenvalue weighted by Gasteiger charge is -2.11. The van der Waals surface area contributed by atoms with Gasteiger partial charge in [0.25, 0.3) is 0 Å². The van der Waals surface area contributed by atoms with Crippen LogP contribution in [0.4, 0.5) is 13.2 Å². The van der Waals surface area contributed by atoms with E-state index in [0.717, 1.165) is 17.8 Å². The molecule has 20 heavy (non-hydrogen) atoms. The van der Waals surface area contributed by atoms with E-state index in [1.807, 2.05) is 0 Å². The Morgan fingerprint density at radius 2 is 2.10 bits per heavy atom. The molecule has 0 aliphatic rings. The van der Waals surface area contributed by atoms with Crippen molar-refractivity contribution in [2.45, 2.75) is 12.1 Å². The first-order chi connectivity index (χ1) is 9.40. The van der Waals surface area contributed by atoms with Crippen LogP contribution in [0.15, 0.2) is 23.5 Å². The Morgan fingerprint density at radius 1 is 1.40 bits per heavy atom. The monoisotopic (exact) mass is 302 g/mol. The number of hydrogen-bond donors (Lipinski definition) is 1. The van der Waals surface area contributed by atoms with Gasteiger partial charge in [-0.1, -0.05) is 11.8 Å². The van der Waals surface area contributed by atoms with Crippen LogP contribution in [0.2, 0.25) is 0 Å². The lowest BCUT2D eigenvalue weighted by Crippen LogP contribution is -2.06. The highest BCUT2D eigenvalue weighted by atomic mass is 32.2. The SMILES string of the molecule is Cc1cnc(SCC(=O)O)n1-c1cc(F)cc(F)c1F. The van der Waals surface area contributed by atoms with Gasteiger partial charge in [-0.15, -0.1) is 0 Å². The fourth-order valence-corrected chi connectivity index (χ4v) is 2.39. The van der Waals surface area contributed by atoms with Crippen LogP contribution in [0, 0.1) is 24.4 Å². The molecule has 0 fully saturated rings. The van der Waals surface area contributed by atoms with Gasteiger partial charge in [-0.25, -0.2) is 18.2 Å². The Labute approximate surface area is 116 Å². The molecular formula is C12H9F3N2O2S. The summed E-state index contributed by atoms with van der Waals surface area (Å²) in [6.45, 7) is 1.57. The molecule has 2 rings (SSSR count). The maximum Gasteiger partial charge on any atom is 0.313 e. The number of carboxylic acid groups (broad SMARTS) is 1. The summed E-state index contributed by atoms with van der Waals surface area (Å²) in [5.74, 6) is -4.84. The van der Waals surface area contributed by atoms with Gasteiger partial charge in [0.15, 0.2) is 16.8 Å². The summed E-state index contributed by atoms with van der Waals surface area (Å²) < 4.78 is 41.5. The normalized spacial score (nSPS) is 10.8. The van der Waals surface area contributed by atoms with Gasteiger partial charge in [-0.3, -0.25) is 9.36 Å². The van der Waals surface area contributed by atoms with Crippen molar-refractivity contribution >= 4 is 17.7 Å². The van der Waals surface area contributed by atoms with E-state index < -0.39 is 23.4 Å². The molecule has 1 aromatic heterocycles. The van der Waals surface area contributed by atoms with Gasteiger partial charge in [0.2, 0.25) is 0 Å². The van der Waals surface area contributed by atoms with Gasteiger partial charge in [-0.2, -0.15) is 0 Å². The molecule has 0 saturated carbocycles. The zero-order chi connectivity index (χ0) is 14.9. The van der Waals surface area contributed by atoms with E-state index in [9.17, 15) is 18.0 Å². The van der Waals surface area contributed by atoms with Crippen molar-refractivity contribution in [1.29, 1.82) is 0 Å². The van der Waals surface area contributed by atoms with E-state index in [-0.39, 0.29) is 16.6 Å². The predicted molar refractivity (Wildman–Crippen MR) is 66.5 cm³/mol. The van der Waals surface area contributed by atoms with Gasteiger partial charge in [-0.05, 0) is 6.92 Å². The number of hydrogen-bond acceptors (Lipinski definition) is 3. The number of rotatable bonds is 4. The minimum absolute atomic E-state index is 0.147. The van der Waals surface area contributed by atoms with Crippen molar-refractivity contribution in [3.05, 3.63) is 41.5 Å². The molecule has 106 valence electrons. The summed E-state index contributed by atoms with van der Waals surface area (Å²) in [6.07, 6.45) is 1.37. The molecule has 0 spiro atoms. The Hall–Kier alpha value is -1.96. The average molecular weight is 302 g/mol. The van der Waals surface area contributed by atoms with Crippen LogP contribution in [0.5, 0.6) is 0 Å². The number of imidazole rings is 1. The zero-order valence-corrected chi connectivity index (χ0v) is 11.0. The van der Waals surface area contributed by atoms with Gasteiger partial charge in [0.1, 0.15) is 5.82 Å². The number of carboxylic acids is 1. The summed E-state index contributed by atoms with van der Waals surface area (Å²) in [7, 11) is 0. The van der Waals surface area contributed by atoms with Crippen LogP contribution < -0.4 is 0 Å². The molecule has 0 unspecified atom stereocenters. The number of carbonyl (C=O) groups is 1. The Bertz CT molecular complexity index is 673. The van der Waals surface area contributed by atoms with Crippen LogP contribution in [-0.4, -0.2) is 26.4 Å². The highest BCUT2D eigenvalue weighted by Crippen LogP contribution is 2.26. The fraction of sp³-hybridized carbons (Fsp3) is 0.167. The van der Waals surface area contributed by atoms with Crippen molar-refractivity contribution in [2.75, 3.05) is 5.75 Å². The molecule has 0 aliphatic carbocycles. The third-order valence-electron chi connectivity index (χ3n) is 2.45. The first kappa shape index (κ1) is 14.4. The van der Waals surface area contributed by atoms with E-state index >= 15 is 0 Å². The van der Waals surface area contributed by atoms with Crippen LogP contribution in [-0.2, 0) is 4.79 Å². The summed E-state index contributed by atoms with van der Waals surface area (Å²) in [5, 5.41) is 8.78. The van der Waals surface area contributed by atoms with E-state index in [0.29, 0.717) is 11.8 Å². The fourth-order valence-electron chi connectivity index (χ4n) is 1.64. The maximum absolute atomic E-state index is 13.8. The number of aryl methyl sites for hydroxylation is 1. The topological polar surface area (TPSA) is 55.1 Å². The molecule has 4 nitrogen and oxygen atoms in total. The van der Waals surface area contributed by atoms with Crippen LogP contribution in [0.3, 0.4) is 0 Å². The Kier molecular flexibility index (Phi) is 4.03. The molecule has 0 bridgehead atoms. The van der Waals surface area contributed by atoms with Crippen LogP contribution >= 0.6 is 11.8 Å². The molecule has 2 aromatic rings. The molecule has 1 heterocycles. The Balaban J connectivity index is 2.52. The van der Waals surface area contributed by atoms with E-state index in [1.54, 1.807) is 6.92 Å². The van der Waals surface area contributed by atoms with E-state index in [2.05, 4.69) is 4.98 Å². The minimum Gasteiger partial charge on any atom is -0.481 e. The van der Waals surface area contributed by atoms with Crippen molar-refractivity contribution in [3.8, 4) is 5.69 Å². The first-order valence-electron chi connectivity index (χ1n) is 5.44. The standard InChI is InChI=1S/C12H9F3N2O2S/c1-6-4-16-12(20-5-10(18)19)17(6)9-3-7(13)2-8(14)11(9)15/h2-4H,5H2,1H3,(H,18,19). The molecule has 0 atom stereocenters. The third kappa shape index (κ3) is 2.79. The van der Waals surface area contributed by atoms with Crippen molar-refractivity contribution in [3.63, 3.8) is 0 Å². The van der Waals surface area contributed by atoms with Gasteiger partial charge in [0, 0.05) is 24.0 Å². The van der Waals surface area contributed by atoms with Crippen LogP contribution in [0.1, 0.15) is 5.69 Å². The second kappa shape index (κ2) is 5.58. The number of aliphatic carboxylic acids is 1. The highest BCUT2D eigenvalue weighted by molar-refractivity contribution is 7.99. The predicted octanol–water partition coefficient (Wildman–Crippen LogP) is 2.77. The summed E-state index contributed by atoms with van der Waals surface area (Å²) in [6, 6.07) is 1.27. The number of nitrogens with zero attached hydrogens (tertiary/aromatic N) is 2. The molecule has 0 aliphatic heterocycles. The highest BCUT2D eigenvalue weighted by Gasteiger charge is 2.18. The number of halogens is 3. The minimum atomic E-state index is -1.32. The average Bonchev–Trinajstić information content (AvgIpc) is 2.72. The smallest absolute Gasteiger partial charge is 0.313 e. The van der Waals surface area contributed by atoms with Crippen molar-refractivity contribution < 1.29 is 23.1 Å². The van der Waals surface area contributed by atoms with E-state index in [1.165, 1.54) is 10.8 Å². The van der Waals surface area contributed by atoms with Crippen LogP contribution in [0.25, 0.3) is 5.69 Å². The number of aromatic nitrogens is 2. The number of thioether (sulfide) groups is 1. The third-order valence-corrected chi connectivity index (χ3v) is 3.38. The molecular weight excluding hydrogens is 293 g/mol. The summed E-state index contributed by atoms with van der Waals surface area (Å²) in [4.78, 5) is 14.5. The maximum atomic E-state index is 13.8. The molecule has 0 saturated heterocycles. The number of benzene rings is 1. The molecule has 0 radical (unpaired) electrons. The van der Waals surface area contributed by atoms with Crippen molar-refractivity contribution in [2.24, 2.45) is 0 Å². The van der Waals surface area contributed by atoms with Crippen molar-refractivity contribution in [1.82, 2.24) is 9.55 Å². The van der Waals surface area contributed by atoms with Gasteiger partial charge < -0.3 is 5.11 Å². The lowest BCUT2D eigenvalue weighted by molar-refractivity contribution is -0.133. The quantitative estimate of drug-likeness (QED) is 0.697. The lowest BCUT2D eigenvalue weighted by atomic mass is 10.2. The summed E-state index contributed by atoms with van der Waals surface area (Å²) in [5.41, 5.74) is 0.0900. The van der Waals surface area contributed by atoms with Gasteiger partial charge in [0.05, 0.1) is 11.4 Å². The van der Waals surface area contributed by atoms with E-state index in [4.69, 9.17) is 5.11 Å². The molecule has 1 N–H and O–H groups in total. The molecule has 8 heteroatoms.